The Hall–Kier alpha value is -0.870. The molecule has 1 aromatic carbocycles. The zero-order chi connectivity index (χ0) is 12.5. The van der Waals surface area contributed by atoms with E-state index in [1.807, 2.05) is 6.92 Å². The minimum Gasteiger partial charge on any atom is -0.266 e. The molecule has 0 aliphatic heterocycles. The van der Waals surface area contributed by atoms with Gasteiger partial charge in [0.1, 0.15) is 0 Å². The number of hydrogen-bond acceptors (Lipinski definition) is 3. The molecule has 0 spiro atoms. The van der Waals surface area contributed by atoms with E-state index in [4.69, 9.17) is 4.18 Å². The molecular formula is C13H18O3S. The second-order valence-electron chi connectivity index (χ2n) is 4.99. The van der Waals surface area contributed by atoms with Gasteiger partial charge in [0.2, 0.25) is 0 Å². The highest BCUT2D eigenvalue weighted by molar-refractivity contribution is 7.86. The normalized spacial score (nSPS) is 24.4. The summed E-state index contributed by atoms with van der Waals surface area (Å²) in [6, 6.07) is 6.74. The van der Waals surface area contributed by atoms with E-state index in [1.54, 1.807) is 24.3 Å². The van der Waals surface area contributed by atoms with Gasteiger partial charge >= 0.3 is 0 Å². The molecule has 0 saturated heterocycles. The van der Waals surface area contributed by atoms with Gasteiger partial charge in [-0.2, -0.15) is 8.42 Å². The van der Waals surface area contributed by atoms with Crippen LogP contribution in [0.25, 0.3) is 0 Å². The van der Waals surface area contributed by atoms with Gasteiger partial charge in [-0.1, -0.05) is 24.6 Å². The van der Waals surface area contributed by atoms with Gasteiger partial charge in [-0.3, -0.25) is 4.18 Å². The van der Waals surface area contributed by atoms with E-state index in [1.165, 1.54) is 0 Å². The van der Waals surface area contributed by atoms with Crippen LogP contribution in [0.4, 0.5) is 0 Å². The van der Waals surface area contributed by atoms with Crippen molar-refractivity contribution in [3.8, 4) is 0 Å². The molecule has 0 N–H and O–H groups in total. The Kier molecular flexibility index (Phi) is 3.54. The van der Waals surface area contributed by atoms with Crippen LogP contribution < -0.4 is 0 Å². The molecule has 1 fully saturated rings. The predicted molar refractivity (Wildman–Crippen MR) is 66.2 cm³/mol. The van der Waals surface area contributed by atoms with E-state index in [0.717, 1.165) is 18.4 Å². The van der Waals surface area contributed by atoms with Crippen LogP contribution in [0, 0.1) is 18.8 Å². The summed E-state index contributed by atoms with van der Waals surface area (Å²) in [6.45, 7) is 4.42. The monoisotopic (exact) mass is 254 g/mol. The van der Waals surface area contributed by atoms with Crippen molar-refractivity contribution in [1.82, 2.24) is 0 Å². The molecule has 0 bridgehead atoms. The quantitative estimate of drug-likeness (QED) is 0.776. The molecule has 94 valence electrons. The Labute approximate surface area is 103 Å². The molecule has 2 rings (SSSR count). The van der Waals surface area contributed by atoms with E-state index in [2.05, 4.69) is 6.92 Å². The fourth-order valence-corrected chi connectivity index (χ4v) is 3.14. The fraction of sp³-hybridized carbons (Fsp3) is 0.538. The molecule has 1 aliphatic carbocycles. The molecule has 0 radical (unpaired) electrons. The second-order valence-corrected chi connectivity index (χ2v) is 6.61. The van der Waals surface area contributed by atoms with Crippen molar-refractivity contribution in [2.24, 2.45) is 11.8 Å². The Balaban J connectivity index is 1.96. The standard InChI is InChI=1S/C13H18O3S/c1-10-3-5-13(6-4-10)17(14,15)16-9-12-7-11(2)8-12/h3-6,11-12H,7-9H2,1-2H3/t11-,12-. The van der Waals surface area contributed by atoms with Crippen molar-refractivity contribution in [3.05, 3.63) is 29.8 Å². The summed E-state index contributed by atoms with van der Waals surface area (Å²) in [5.41, 5.74) is 1.04. The first-order valence-electron chi connectivity index (χ1n) is 5.93. The summed E-state index contributed by atoms with van der Waals surface area (Å²) >= 11 is 0. The SMILES string of the molecule is Cc1ccc(S(=O)(=O)OC[C@H]2C[C@H](C)C2)cc1. The number of hydrogen-bond donors (Lipinski definition) is 0. The van der Waals surface area contributed by atoms with Crippen molar-refractivity contribution >= 4 is 10.1 Å². The number of rotatable bonds is 4. The maximum absolute atomic E-state index is 11.8. The van der Waals surface area contributed by atoms with E-state index in [0.29, 0.717) is 18.4 Å². The molecule has 0 unspecified atom stereocenters. The number of aryl methyl sites for hydroxylation is 1. The van der Waals surface area contributed by atoms with Crippen molar-refractivity contribution in [2.45, 2.75) is 31.6 Å². The summed E-state index contributed by atoms with van der Waals surface area (Å²) in [7, 11) is -3.57. The molecule has 1 aliphatic rings. The van der Waals surface area contributed by atoms with Crippen molar-refractivity contribution in [2.75, 3.05) is 6.61 Å². The molecule has 17 heavy (non-hydrogen) atoms. The lowest BCUT2D eigenvalue weighted by molar-refractivity contribution is 0.134. The lowest BCUT2D eigenvalue weighted by Crippen LogP contribution is -2.26. The molecule has 4 heteroatoms. The molecular weight excluding hydrogens is 236 g/mol. The van der Waals surface area contributed by atoms with Crippen LogP contribution >= 0.6 is 0 Å². The lowest BCUT2D eigenvalue weighted by Gasteiger charge is -2.31. The van der Waals surface area contributed by atoms with Crippen LogP contribution in [0.2, 0.25) is 0 Å². The van der Waals surface area contributed by atoms with Crippen LogP contribution in [0.1, 0.15) is 25.3 Å². The Bertz CT molecular complexity index is 470. The third kappa shape index (κ3) is 3.07. The first-order valence-corrected chi connectivity index (χ1v) is 7.34. The van der Waals surface area contributed by atoms with Crippen molar-refractivity contribution in [3.63, 3.8) is 0 Å². The van der Waals surface area contributed by atoms with E-state index >= 15 is 0 Å². The lowest BCUT2D eigenvalue weighted by atomic mass is 9.77. The topological polar surface area (TPSA) is 43.4 Å². The van der Waals surface area contributed by atoms with Crippen molar-refractivity contribution in [1.29, 1.82) is 0 Å². The van der Waals surface area contributed by atoms with Crippen LogP contribution in [-0.4, -0.2) is 15.0 Å². The Morgan fingerprint density at radius 3 is 2.35 bits per heavy atom. The Morgan fingerprint density at radius 2 is 1.82 bits per heavy atom. The van der Waals surface area contributed by atoms with Crippen molar-refractivity contribution < 1.29 is 12.6 Å². The van der Waals surface area contributed by atoms with Crippen LogP contribution in [0.5, 0.6) is 0 Å². The summed E-state index contributed by atoms with van der Waals surface area (Å²) in [5.74, 6) is 1.12. The van der Waals surface area contributed by atoms with Gasteiger partial charge in [0.15, 0.2) is 0 Å². The van der Waals surface area contributed by atoms with Crippen LogP contribution in [-0.2, 0) is 14.3 Å². The highest BCUT2D eigenvalue weighted by atomic mass is 32.2. The maximum atomic E-state index is 11.8. The molecule has 0 amide bonds. The van der Waals surface area contributed by atoms with Gasteiger partial charge < -0.3 is 0 Å². The largest absolute Gasteiger partial charge is 0.296 e. The van der Waals surface area contributed by atoms with Gasteiger partial charge in [0.25, 0.3) is 10.1 Å². The third-order valence-corrected chi connectivity index (χ3v) is 4.54. The van der Waals surface area contributed by atoms with Gasteiger partial charge in [-0.05, 0) is 43.7 Å². The average Bonchev–Trinajstić information content (AvgIpc) is 2.23. The third-order valence-electron chi connectivity index (χ3n) is 3.24. The molecule has 0 heterocycles. The van der Waals surface area contributed by atoms with Gasteiger partial charge in [0.05, 0.1) is 11.5 Å². The van der Waals surface area contributed by atoms with E-state index < -0.39 is 10.1 Å². The molecule has 1 aromatic rings. The fourth-order valence-electron chi connectivity index (χ4n) is 2.16. The zero-order valence-electron chi connectivity index (χ0n) is 10.2. The summed E-state index contributed by atoms with van der Waals surface area (Å²) in [5, 5.41) is 0. The first-order chi connectivity index (χ1) is 7.97. The summed E-state index contributed by atoms with van der Waals surface area (Å²) < 4.78 is 28.8. The molecule has 1 saturated carbocycles. The van der Waals surface area contributed by atoms with Crippen LogP contribution in [0.3, 0.4) is 0 Å². The minimum atomic E-state index is -3.57. The van der Waals surface area contributed by atoms with E-state index in [-0.39, 0.29) is 4.90 Å². The Morgan fingerprint density at radius 1 is 1.24 bits per heavy atom. The maximum Gasteiger partial charge on any atom is 0.296 e. The average molecular weight is 254 g/mol. The number of benzene rings is 1. The highest BCUT2D eigenvalue weighted by Gasteiger charge is 2.27. The minimum absolute atomic E-state index is 0.246. The summed E-state index contributed by atoms with van der Waals surface area (Å²) in [4.78, 5) is 0.246. The second kappa shape index (κ2) is 4.78. The highest BCUT2D eigenvalue weighted by Crippen LogP contribution is 2.33. The van der Waals surface area contributed by atoms with Crippen LogP contribution in [0.15, 0.2) is 29.2 Å². The predicted octanol–water partition coefficient (Wildman–Crippen LogP) is 2.75. The molecule has 0 atom stereocenters. The van der Waals surface area contributed by atoms with Gasteiger partial charge in [0, 0.05) is 0 Å². The first kappa shape index (κ1) is 12.6. The van der Waals surface area contributed by atoms with Gasteiger partial charge in [-0.15, -0.1) is 0 Å². The summed E-state index contributed by atoms with van der Waals surface area (Å²) in [6.07, 6.45) is 2.15. The van der Waals surface area contributed by atoms with Gasteiger partial charge in [-0.25, -0.2) is 0 Å². The molecule has 0 aromatic heterocycles. The smallest absolute Gasteiger partial charge is 0.266 e. The van der Waals surface area contributed by atoms with E-state index in [9.17, 15) is 8.42 Å². The zero-order valence-corrected chi connectivity index (χ0v) is 11.0. The molecule has 3 nitrogen and oxygen atoms in total.